The van der Waals surface area contributed by atoms with Crippen LogP contribution >= 0.6 is 11.8 Å². The normalized spacial score (nSPS) is 12.0. The SMILES string of the molecule is CCNC(=O)[C@H](C)N(C)CC(=O)Nc1ccccc1SC. The van der Waals surface area contributed by atoms with Crippen LogP contribution in [0.4, 0.5) is 5.69 Å². The minimum atomic E-state index is -0.341. The lowest BCUT2D eigenvalue weighted by atomic mass is 10.2. The maximum absolute atomic E-state index is 12.1. The van der Waals surface area contributed by atoms with Crippen molar-refractivity contribution in [3.63, 3.8) is 0 Å². The molecule has 1 aromatic rings. The van der Waals surface area contributed by atoms with Gasteiger partial charge in [0.1, 0.15) is 0 Å². The number of thioether (sulfide) groups is 1. The smallest absolute Gasteiger partial charge is 0.238 e. The second-order valence-electron chi connectivity index (χ2n) is 4.73. The van der Waals surface area contributed by atoms with E-state index in [0.29, 0.717) is 6.54 Å². The second-order valence-corrected chi connectivity index (χ2v) is 5.58. The van der Waals surface area contributed by atoms with Crippen molar-refractivity contribution in [1.82, 2.24) is 10.2 Å². The van der Waals surface area contributed by atoms with Crippen LogP contribution in [0.15, 0.2) is 29.2 Å². The molecule has 0 aromatic heterocycles. The summed E-state index contributed by atoms with van der Waals surface area (Å²) < 4.78 is 0. The molecule has 0 aliphatic carbocycles. The third-order valence-corrected chi connectivity index (χ3v) is 3.96. The Morgan fingerprint density at radius 1 is 1.33 bits per heavy atom. The zero-order valence-corrected chi connectivity index (χ0v) is 13.8. The highest BCUT2D eigenvalue weighted by Gasteiger charge is 2.19. The molecule has 0 bridgehead atoms. The van der Waals surface area contributed by atoms with E-state index in [1.54, 1.807) is 30.6 Å². The molecular formula is C15H23N3O2S. The van der Waals surface area contributed by atoms with Crippen molar-refractivity contribution >= 4 is 29.3 Å². The summed E-state index contributed by atoms with van der Waals surface area (Å²) in [6, 6.07) is 7.31. The van der Waals surface area contributed by atoms with Gasteiger partial charge in [-0.3, -0.25) is 14.5 Å². The van der Waals surface area contributed by atoms with Crippen molar-refractivity contribution in [1.29, 1.82) is 0 Å². The van der Waals surface area contributed by atoms with Gasteiger partial charge in [-0.1, -0.05) is 12.1 Å². The highest BCUT2D eigenvalue weighted by atomic mass is 32.2. The van der Waals surface area contributed by atoms with Gasteiger partial charge in [0, 0.05) is 11.4 Å². The largest absolute Gasteiger partial charge is 0.355 e. The number of likely N-dealkylation sites (N-methyl/N-ethyl adjacent to an activating group) is 2. The lowest BCUT2D eigenvalue weighted by Crippen LogP contribution is -2.45. The molecule has 2 amide bonds. The number of hydrogen-bond donors (Lipinski definition) is 2. The van der Waals surface area contributed by atoms with E-state index in [-0.39, 0.29) is 24.4 Å². The van der Waals surface area contributed by atoms with E-state index < -0.39 is 0 Å². The average molecular weight is 309 g/mol. The van der Waals surface area contributed by atoms with E-state index in [1.807, 2.05) is 37.4 Å². The van der Waals surface area contributed by atoms with Crippen LogP contribution < -0.4 is 10.6 Å². The predicted molar refractivity (Wildman–Crippen MR) is 87.6 cm³/mol. The van der Waals surface area contributed by atoms with Gasteiger partial charge >= 0.3 is 0 Å². The maximum atomic E-state index is 12.1. The first-order valence-electron chi connectivity index (χ1n) is 6.90. The van der Waals surface area contributed by atoms with Gasteiger partial charge in [0.05, 0.1) is 18.3 Å². The summed E-state index contributed by atoms with van der Waals surface area (Å²) in [4.78, 5) is 26.6. The lowest BCUT2D eigenvalue weighted by molar-refractivity contribution is -0.126. The summed E-state index contributed by atoms with van der Waals surface area (Å²) >= 11 is 1.58. The zero-order chi connectivity index (χ0) is 15.8. The standard InChI is InChI=1S/C15H23N3O2S/c1-5-16-15(20)11(2)18(3)10-14(19)17-12-8-6-7-9-13(12)21-4/h6-9,11H,5,10H2,1-4H3,(H,16,20)(H,17,19)/t11-/m0/s1. The molecule has 0 spiro atoms. The van der Waals surface area contributed by atoms with E-state index >= 15 is 0 Å². The van der Waals surface area contributed by atoms with Crippen LogP contribution in [-0.2, 0) is 9.59 Å². The van der Waals surface area contributed by atoms with Gasteiger partial charge in [-0.05, 0) is 39.3 Å². The highest BCUT2D eigenvalue weighted by Crippen LogP contribution is 2.24. The topological polar surface area (TPSA) is 61.4 Å². The van der Waals surface area contributed by atoms with Crippen LogP contribution in [0.5, 0.6) is 0 Å². The van der Waals surface area contributed by atoms with Crippen LogP contribution in [0, 0.1) is 0 Å². The fraction of sp³-hybridized carbons (Fsp3) is 0.467. The van der Waals surface area contributed by atoms with Crippen molar-refractivity contribution in [3.05, 3.63) is 24.3 Å². The Morgan fingerprint density at radius 2 is 2.00 bits per heavy atom. The van der Waals surface area contributed by atoms with Crippen molar-refractivity contribution in [3.8, 4) is 0 Å². The molecule has 0 aliphatic heterocycles. The van der Waals surface area contributed by atoms with Gasteiger partial charge in [-0.2, -0.15) is 0 Å². The van der Waals surface area contributed by atoms with Crippen molar-refractivity contribution < 1.29 is 9.59 Å². The molecule has 1 rings (SSSR count). The number of para-hydroxylation sites is 1. The molecule has 0 heterocycles. The molecule has 0 aliphatic rings. The second kappa shape index (κ2) is 8.69. The molecule has 0 saturated carbocycles. The summed E-state index contributed by atoms with van der Waals surface area (Å²) in [5, 5.41) is 5.64. The summed E-state index contributed by atoms with van der Waals surface area (Å²) in [6.07, 6.45) is 1.97. The Kier molecular flexibility index (Phi) is 7.25. The van der Waals surface area contributed by atoms with Crippen molar-refractivity contribution in [2.24, 2.45) is 0 Å². The van der Waals surface area contributed by atoms with Crippen LogP contribution in [0.25, 0.3) is 0 Å². The first-order valence-corrected chi connectivity index (χ1v) is 8.12. The number of benzene rings is 1. The predicted octanol–water partition coefficient (Wildman–Crippen LogP) is 1.80. The van der Waals surface area contributed by atoms with Gasteiger partial charge in [0.15, 0.2) is 0 Å². The molecule has 1 atom stereocenters. The molecule has 116 valence electrons. The molecule has 0 fully saturated rings. The molecule has 5 nitrogen and oxygen atoms in total. The molecule has 2 N–H and O–H groups in total. The first kappa shape index (κ1) is 17.5. The van der Waals surface area contributed by atoms with E-state index in [1.165, 1.54) is 0 Å². The Balaban J connectivity index is 2.59. The van der Waals surface area contributed by atoms with Crippen LogP contribution in [0.2, 0.25) is 0 Å². The maximum Gasteiger partial charge on any atom is 0.238 e. The van der Waals surface area contributed by atoms with Gasteiger partial charge in [0.2, 0.25) is 11.8 Å². The molecule has 0 radical (unpaired) electrons. The van der Waals surface area contributed by atoms with Crippen LogP contribution in [-0.4, -0.2) is 49.1 Å². The van der Waals surface area contributed by atoms with Crippen LogP contribution in [0.1, 0.15) is 13.8 Å². The lowest BCUT2D eigenvalue weighted by Gasteiger charge is -2.23. The monoisotopic (exact) mass is 309 g/mol. The first-order chi connectivity index (χ1) is 9.99. The van der Waals surface area contributed by atoms with E-state index in [9.17, 15) is 9.59 Å². The zero-order valence-electron chi connectivity index (χ0n) is 13.0. The van der Waals surface area contributed by atoms with Crippen LogP contribution in [0.3, 0.4) is 0 Å². The third-order valence-electron chi connectivity index (χ3n) is 3.17. The Morgan fingerprint density at radius 3 is 2.62 bits per heavy atom. The van der Waals surface area contributed by atoms with E-state index in [0.717, 1.165) is 10.6 Å². The molecule has 0 saturated heterocycles. The fourth-order valence-corrected chi connectivity index (χ4v) is 2.38. The number of carbonyl (C=O) groups excluding carboxylic acids is 2. The number of carbonyl (C=O) groups is 2. The molecule has 21 heavy (non-hydrogen) atoms. The molecule has 1 aromatic carbocycles. The Hall–Kier alpha value is -1.53. The van der Waals surface area contributed by atoms with Crippen molar-refractivity contribution in [2.75, 3.05) is 31.7 Å². The van der Waals surface area contributed by atoms with Crippen molar-refractivity contribution in [2.45, 2.75) is 24.8 Å². The number of amides is 2. The van der Waals surface area contributed by atoms with E-state index in [4.69, 9.17) is 0 Å². The van der Waals surface area contributed by atoms with Gasteiger partial charge < -0.3 is 10.6 Å². The summed E-state index contributed by atoms with van der Waals surface area (Å²) in [5.74, 6) is -0.201. The Labute approximate surface area is 130 Å². The minimum Gasteiger partial charge on any atom is -0.355 e. The summed E-state index contributed by atoms with van der Waals surface area (Å²) in [5.41, 5.74) is 0.800. The van der Waals surface area contributed by atoms with E-state index in [2.05, 4.69) is 10.6 Å². The van der Waals surface area contributed by atoms with Gasteiger partial charge in [-0.15, -0.1) is 11.8 Å². The summed E-state index contributed by atoms with van der Waals surface area (Å²) in [7, 11) is 1.76. The number of nitrogens with one attached hydrogen (secondary N) is 2. The highest BCUT2D eigenvalue weighted by molar-refractivity contribution is 7.98. The number of nitrogens with zero attached hydrogens (tertiary/aromatic N) is 1. The molecule has 0 unspecified atom stereocenters. The minimum absolute atomic E-state index is 0.0719. The van der Waals surface area contributed by atoms with Gasteiger partial charge in [-0.25, -0.2) is 0 Å². The van der Waals surface area contributed by atoms with Gasteiger partial charge in [0.25, 0.3) is 0 Å². The number of rotatable bonds is 7. The quantitative estimate of drug-likeness (QED) is 0.754. The molecule has 6 heteroatoms. The fourth-order valence-electron chi connectivity index (χ4n) is 1.82. The molecular weight excluding hydrogens is 286 g/mol. The number of anilines is 1. The Bertz CT molecular complexity index is 494. The number of hydrogen-bond acceptors (Lipinski definition) is 4. The summed E-state index contributed by atoms with van der Waals surface area (Å²) in [6.45, 7) is 4.41. The average Bonchev–Trinajstić information content (AvgIpc) is 2.47. The third kappa shape index (κ3) is 5.40.